The standard InChI is InChI=1S/C13H14Cl2N2/c1-7-5-9(6-8(2)16)17-13-11(15)4-3-10(14)12(7)13/h3-5,8H,6,16H2,1-2H3. The highest BCUT2D eigenvalue weighted by Gasteiger charge is 2.10. The van der Waals surface area contributed by atoms with E-state index in [1.54, 1.807) is 12.1 Å². The van der Waals surface area contributed by atoms with Gasteiger partial charge in [0.05, 0.1) is 15.6 Å². The Bertz CT molecular complexity index is 565. The van der Waals surface area contributed by atoms with Crippen molar-refractivity contribution in [2.45, 2.75) is 26.3 Å². The molecular formula is C13H14Cl2N2. The maximum absolute atomic E-state index is 6.17. The van der Waals surface area contributed by atoms with Crippen LogP contribution in [0.4, 0.5) is 0 Å². The second-order valence-electron chi connectivity index (χ2n) is 4.36. The zero-order chi connectivity index (χ0) is 12.6. The van der Waals surface area contributed by atoms with E-state index in [1.165, 1.54) is 0 Å². The number of hydrogen-bond acceptors (Lipinski definition) is 2. The van der Waals surface area contributed by atoms with Crippen LogP contribution in [0.5, 0.6) is 0 Å². The normalized spacial score (nSPS) is 13.0. The Kier molecular flexibility index (Phi) is 3.57. The third kappa shape index (κ3) is 2.54. The lowest BCUT2D eigenvalue weighted by Gasteiger charge is -2.10. The van der Waals surface area contributed by atoms with Gasteiger partial charge in [-0.2, -0.15) is 0 Å². The van der Waals surface area contributed by atoms with Crippen molar-refractivity contribution in [1.82, 2.24) is 4.98 Å². The number of halogens is 2. The van der Waals surface area contributed by atoms with Gasteiger partial charge >= 0.3 is 0 Å². The molecule has 0 bridgehead atoms. The molecule has 0 saturated heterocycles. The number of hydrogen-bond donors (Lipinski definition) is 1. The SMILES string of the molecule is Cc1cc(CC(C)N)nc2c(Cl)ccc(Cl)c12. The molecule has 1 unspecified atom stereocenters. The molecular weight excluding hydrogens is 255 g/mol. The summed E-state index contributed by atoms with van der Waals surface area (Å²) < 4.78 is 0. The summed E-state index contributed by atoms with van der Waals surface area (Å²) in [5.41, 5.74) is 8.58. The summed E-state index contributed by atoms with van der Waals surface area (Å²) in [6.07, 6.45) is 0.736. The van der Waals surface area contributed by atoms with Crippen molar-refractivity contribution in [3.63, 3.8) is 0 Å². The topological polar surface area (TPSA) is 38.9 Å². The van der Waals surface area contributed by atoms with Crippen molar-refractivity contribution in [2.24, 2.45) is 5.73 Å². The molecule has 0 aliphatic heterocycles. The minimum Gasteiger partial charge on any atom is -0.328 e. The summed E-state index contributed by atoms with van der Waals surface area (Å²) in [5, 5.41) is 2.23. The van der Waals surface area contributed by atoms with Crippen LogP contribution in [-0.4, -0.2) is 11.0 Å². The molecule has 0 radical (unpaired) electrons. The Hall–Kier alpha value is -0.830. The first-order valence-electron chi connectivity index (χ1n) is 5.49. The lowest BCUT2D eigenvalue weighted by Crippen LogP contribution is -2.18. The largest absolute Gasteiger partial charge is 0.328 e. The van der Waals surface area contributed by atoms with E-state index in [1.807, 2.05) is 19.9 Å². The number of aryl methyl sites for hydroxylation is 1. The highest BCUT2D eigenvalue weighted by molar-refractivity contribution is 6.40. The van der Waals surface area contributed by atoms with E-state index in [4.69, 9.17) is 28.9 Å². The van der Waals surface area contributed by atoms with E-state index >= 15 is 0 Å². The van der Waals surface area contributed by atoms with E-state index in [0.717, 1.165) is 28.6 Å². The van der Waals surface area contributed by atoms with Crippen LogP contribution in [0.15, 0.2) is 18.2 Å². The van der Waals surface area contributed by atoms with Gasteiger partial charge in [-0.05, 0) is 37.6 Å². The average molecular weight is 269 g/mol. The van der Waals surface area contributed by atoms with Gasteiger partial charge in [0.1, 0.15) is 0 Å². The second-order valence-corrected chi connectivity index (χ2v) is 5.18. The number of nitrogens with zero attached hydrogens (tertiary/aromatic N) is 1. The Labute approximate surface area is 111 Å². The molecule has 0 saturated carbocycles. The Morgan fingerprint density at radius 1 is 1.29 bits per heavy atom. The van der Waals surface area contributed by atoms with Crippen LogP contribution < -0.4 is 5.73 Å². The van der Waals surface area contributed by atoms with Gasteiger partial charge < -0.3 is 5.73 Å². The number of benzene rings is 1. The van der Waals surface area contributed by atoms with Crippen molar-refractivity contribution in [3.05, 3.63) is 39.5 Å². The predicted molar refractivity (Wildman–Crippen MR) is 73.9 cm³/mol. The van der Waals surface area contributed by atoms with Crippen molar-refractivity contribution in [3.8, 4) is 0 Å². The molecule has 0 fully saturated rings. The first-order chi connectivity index (χ1) is 7.99. The van der Waals surface area contributed by atoms with E-state index in [-0.39, 0.29) is 6.04 Å². The summed E-state index contributed by atoms with van der Waals surface area (Å²) >= 11 is 12.3. The van der Waals surface area contributed by atoms with E-state index in [0.29, 0.717) is 10.0 Å². The third-order valence-corrected chi connectivity index (χ3v) is 3.26. The summed E-state index contributed by atoms with van der Waals surface area (Å²) in [4.78, 5) is 4.54. The van der Waals surface area contributed by atoms with E-state index in [2.05, 4.69) is 4.98 Å². The van der Waals surface area contributed by atoms with Gasteiger partial charge in [0.25, 0.3) is 0 Å². The van der Waals surface area contributed by atoms with Crippen LogP contribution in [0.1, 0.15) is 18.2 Å². The van der Waals surface area contributed by atoms with Crippen LogP contribution in [0.25, 0.3) is 10.9 Å². The molecule has 90 valence electrons. The summed E-state index contributed by atoms with van der Waals surface area (Å²) in [6, 6.07) is 5.67. The van der Waals surface area contributed by atoms with Gasteiger partial charge in [-0.3, -0.25) is 4.98 Å². The molecule has 2 aromatic rings. The quantitative estimate of drug-likeness (QED) is 0.901. The summed E-state index contributed by atoms with van der Waals surface area (Å²) in [7, 11) is 0. The maximum atomic E-state index is 6.17. The molecule has 2 nitrogen and oxygen atoms in total. The van der Waals surface area contributed by atoms with Crippen LogP contribution in [0, 0.1) is 6.92 Å². The number of aromatic nitrogens is 1. The average Bonchev–Trinajstić information content (AvgIpc) is 2.22. The molecule has 0 spiro atoms. The maximum Gasteiger partial charge on any atom is 0.0909 e. The van der Waals surface area contributed by atoms with Crippen LogP contribution in [0.3, 0.4) is 0 Å². The molecule has 2 N–H and O–H groups in total. The Morgan fingerprint density at radius 2 is 1.94 bits per heavy atom. The van der Waals surface area contributed by atoms with Crippen molar-refractivity contribution >= 4 is 34.1 Å². The van der Waals surface area contributed by atoms with Gasteiger partial charge in [0.15, 0.2) is 0 Å². The van der Waals surface area contributed by atoms with Crippen LogP contribution >= 0.6 is 23.2 Å². The molecule has 1 atom stereocenters. The molecule has 1 heterocycles. The zero-order valence-electron chi connectivity index (χ0n) is 9.80. The highest BCUT2D eigenvalue weighted by atomic mass is 35.5. The first-order valence-corrected chi connectivity index (χ1v) is 6.24. The summed E-state index contributed by atoms with van der Waals surface area (Å²) in [6.45, 7) is 3.97. The molecule has 0 aliphatic rings. The minimum absolute atomic E-state index is 0.0808. The number of fused-ring (bicyclic) bond motifs is 1. The van der Waals surface area contributed by atoms with Gasteiger partial charge in [-0.15, -0.1) is 0 Å². The van der Waals surface area contributed by atoms with Gasteiger partial charge in [-0.25, -0.2) is 0 Å². The van der Waals surface area contributed by atoms with Gasteiger partial charge in [-0.1, -0.05) is 23.2 Å². The molecule has 0 amide bonds. The second kappa shape index (κ2) is 4.81. The van der Waals surface area contributed by atoms with E-state index < -0.39 is 0 Å². The van der Waals surface area contributed by atoms with Gasteiger partial charge in [0.2, 0.25) is 0 Å². The molecule has 1 aromatic carbocycles. The molecule has 17 heavy (non-hydrogen) atoms. The molecule has 1 aromatic heterocycles. The highest BCUT2D eigenvalue weighted by Crippen LogP contribution is 2.31. The van der Waals surface area contributed by atoms with Crippen LogP contribution in [0.2, 0.25) is 10.0 Å². The Morgan fingerprint density at radius 3 is 2.59 bits per heavy atom. The number of pyridine rings is 1. The first kappa shape index (κ1) is 12.6. The van der Waals surface area contributed by atoms with Gasteiger partial charge in [0, 0.05) is 23.5 Å². The lowest BCUT2D eigenvalue weighted by molar-refractivity contribution is 0.724. The lowest BCUT2D eigenvalue weighted by atomic mass is 10.1. The fraction of sp³-hybridized carbons (Fsp3) is 0.308. The smallest absolute Gasteiger partial charge is 0.0909 e. The van der Waals surface area contributed by atoms with Crippen molar-refractivity contribution in [1.29, 1.82) is 0 Å². The van der Waals surface area contributed by atoms with Crippen LogP contribution in [-0.2, 0) is 6.42 Å². The molecule has 4 heteroatoms. The number of nitrogens with two attached hydrogens (primary N) is 1. The Balaban J connectivity index is 2.68. The van der Waals surface area contributed by atoms with E-state index in [9.17, 15) is 0 Å². The fourth-order valence-corrected chi connectivity index (χ4v) is 2.46. The summed E-state index contributed by atoms with van der Waals surface area (Å²) in [5.74, 6) is 0. The monoisotopic (exact) mass is 268 g/mol. The predicted octanol–water partition coefficient (Wildman–Crippen LogP) is 3.74. The van der Waals surface area contributed by atoms with Crippen molar-refractivity contribution < 1.29 is 0 Å². The number of rotatable bonds is 2. The fourth-order valence-electron chi connectivity index (χ4n) is 1.96. The zero-order valence-corrected chi connectivity index (χ0v) is 11.3. The third-order valence-electron chi connectivity index (χ3n) is 2.64. The molecule has 2 rings (SSSR count). The van der Waals surface area contributed by atoms with Crippen molar-refractivity contribution in [2.75, 3.05) is 0 Å². The minimum atomic E-state index is 0.0808. The molecule has 0 aliphatic carbocycles.